The minimum atomic E-state index is -3.09. The molecule has 148 valence electrons. The third-order valence-electron chi connectivity index (χ3n) is 5.34. The minimum Gasteiger partial charge on any atom is -0.364 e. The lowest BCUT2D eigenvalue weighted by atomic mass is 9.77. The highest BCUT2D eigenvalue weighted by Gasteiger charge is 2.49. The molecule has 2 aliphatic rings. The summed E-state index contributed by atoms with van der Waals surface area (Å²) in [5, 5.41) is 3.18. The number of piperidine rings is 1. The number of fused-ring (bicyclic) bond motifs is 1. The summed E-state index contributed by atoms with van der Waals surface area (Å²) in [6.07, 6.45) is 3.32. The molecule has 1 amide bonds. The Hall–Kier alpha value is -2.45. The molecule has 2 aromatic rings. The van der Waals surface area contributed by atoms with Crippen LogP contribution in [0.5, 0.6) is 0 Å². The van der Waals surface area contributed by atoms with Crippen LogP contribution in [-0.4, -0.2) is 51.4 Å². The van der Waals surface area contributed by atoms with Crippen LogP contribution < -0.4 is 10.2 Å². The molecule has 0 saturated carbocycles. The van der Waals surface area contributed by atoms with Crippen molar-refractivity contribution in [2.24, 2.45) is 0 Å². The van der Waals surface area contributed by atoms with E-state index < -0.39 is 15.4 Å². The summed E-state index contributed by atoms with van der Waals surface area (Å²) in [7, 11) is -3.09. The number of carbonyl (C=O) groups is 1. The molecule has 0 unspecified atom stereocenters. The van der Waals surface area contributed by atoms with Gasteiger partial charge in [-0.05, 0) is 23.6 Å². The molecule has 2 saturated heterocycles. The molecule has 28 heavy (non-hydrogen) atoms. The zero-order chi connectivity index (χ0) is 19.8. The number of ether oxygens (including phenoxy) is 1. The Labute approximate surface area is 164 Å². The summed E-state index contributed by atoms with van der Waals surface area (Å²) in [4.78, 5) is 18.7. The summed E-state index contributed by atoms with van der Waals surface area (Å²) in [5.74, 6) is 0.658. The Balaban J connectivity index is 1.56. The fraction of sp³-hybridized carbons (Fsp3) is 0.400. The van der Waals surface area contributed by atoms with Crippen LogP contribution in [0.15, 0.2) is 48.7 Å². The van der Waals surface area contributed by atoms with Crippen LogP contribution >= 0.6 is 0 Å². The molecular weight excluding hydrogens is 378 g/mol. The Bertz CT molecular complexity index is 963. The van der Waals surface area contributed by atoms with Gasteiger partial charge in [-0.15, -0.1) is 0 Å². The van der Waals surface area contributed by atoms with E-state index in [4.69, 9.17) is 4.74 Å². The predicted molar refractivity (Wildman–Crippen MR) is 106 cm³/mol. The fourth-order valence-electron chi connectivity index (χ4n) is 4.06. The first-order valence-corrected chi connectivity index (χ1v) is 11.3. The number of carbonyl (C=O) groups excluding carboxylic acids is 1. The zero-order valence-electron chi connectivity index (χ0n) is 15.7. The standard InChI is InChI=1S/C20H23N3O4S/c1-28(25,26)14-15-7-8-18(21-11-15)23-10-9-20(16-5-3-2-4-6-16)17(12-23)27-13-19(24)22-20/h2-8,11,17H,9-10,12-14H2,1H3,(H,22,24)/t17-,20+/m1/s1. The highest BCUT2D eigenvalue weighted by Crippen LogP contribution is 2.38. The maximum atomic E-state index is 12.1. The molecule has 7 nitrogen and oxygen atoms in total. The number of hydrogen-bond acceptors (Lipinski definition) is 6. The summed E-state index contributed by atoms with van der Waals surface area (Å²) >= 11 is 0. The summed E-state index contributed by atoms with van der Waals surface area (Å²) in [6.45, 7) is 1.34. The van der Waals surface area contributed by atoms with Crippen molar-refractivity contribution >= 4 is 21.6 Å². The lowest BCUT2D eigenvalue weighted by Crippen LogP contribution is -2.66. The van der Waals surface area contributed by atoms with E-state index in [0.717, 1.165) is 11.4 Å². The van der Waals surface area contributed by atoms with Gasteiger partial charge in [0.15, 0.2) is 9.84 Å². The molecule has 2 aliphatic heterocycles. The highest BCUT2D eigenvalue weighted by atomic mass is 32.2. The molecule has 1 N–H and O–H groups in total. The van der Waals surface area contributed by atoms with Crippen LogP contribution in [0.3, 0.4) is 0 Å². The third-order valence-corrected chi connectivity index (χ3v) is 6.20. The van der Waals surface area contributed by atoms with Gasteiger partial charge in [0.2, 0.25) is 5.91 Å². The Kier molecular flexibility index (Phi) is 4.84. The number of morpholine rings is 1. The molecule has 2 fully saturated rings. The zero-order valence-corrected chi connectivity index (χ0v) is 16.5. The summed E-state index contributed by atoms with van der Waals surface area (Å²) in [6, 6.07) is 13.6. The number of hydrogen-bond donors (Lipinski definition) is 1. The monoisotopic (exact) mass is 401 g/mol. The van der Waals surface area contributed by atoms with Gasteiger partial charge in [0.05, 0.1) is 11.3 Å². The Morgan fingerprint density at radius 1 is 1.25 bits per heavy atom. The van der Waals surface area contributed by atoms with Gasteiger partial charge in [-0.25, -0.2) is 13.4 Å². The number of aromatic nitrogens is 1. The minimum absolute atomic E-state index is 0.0187. The molecule has 8 heteroatoms. The number of benzene rings is 1. The molecule has 0 radical (unpaired) electrons. The van der Waals surface area contributed by atoms with Crippen molar-refractivity contribution in [1.82, 2.24) is 10.3 Å². The van der Waals surface area contributed by atoms with E-state index in [2.05, 4.69) is 15.2 Å². The van der Waals surface area contributed by atoms with E-state index in [1.807, 2.05) is 36.4 Å². The van der Waals surface area contributed by atoms with Crippen molar-refractivity contribution in [3.05, 3.63) is 59.8 Å². The van der Waals surface area contributed by atoms with Gasteiger partial charge in [-0.2, -0.15) is 0 Å². The van der Waals surface area contributed by atoms with Gasteiger partial charge in [0.1, 0.15) is 18.5 Å². The van der Waals surface area contributed by atoms with Crippen LogP contribution in [0.1, 0.15) is 17.5 Å². The van der Waals surface area contributed by atoms with E-state index in [9.17, 15) is 13.2 Å². The molecule has 0 aliphatic carbocycles. The Morgan fingerprint density at radius 3 is 2.71 bits per heavy atom. The molecule has 1 aromatic heterocycles. The molecule has 1 aromatic carbocycles. The third kappa shape index (κ3) is 3.74. The number of nitrogens with one attached hydrogen (secondary N) is 1. The highest BCUT2D eigenvalue weighted by molar-refractivity contribution is 7.89. The molecule has 0 bridgehead atoms. The van der Waals surface area contributed by atoms with Gasteiger partial charge in [0, 0.05) is 25.5 Å². The summed E-state index contributed by atoms with van der Waals surface area (Å²) in [5.41, 5.74) is 1.18. The SMILES string of the molecule is CS(=O)(=O)Cc1ccc(N2CC[C@@]3(c4ccccc4)NC(=O)CO[C@@H]3C2)nc1. The predicted octanol–water partition coefficient (Wildman–Crippen LogP) is 1.25. The first-order chi connectivity index (χ1) is 13.4. The number of nitrogens with zero attached hydrogens (tertiary/aromatic N) is 2. The second-order valence-corrected chi connectivity index (χ2v) is 9.62. The van der Waals surface area contributed by atoms with Gasteiger partial charge < -0.3 is 15.0 Å². The van der Waals surface area contributed by atoms with Crippen LogP contribution in [-0.2, 0) is 30.7 Å². The maximum absolute atomic E-state index is 12.1. The van der Waals surface area contributed by atoms with E-state index in [1.165, 1.54) is 6.26 Å². The van der Waals surface area contributed by atoms with Crippen LogP contribution in [0.2, 0.25) is 0 Å². The number of amides is 1. The van der Waals surface area contributed by atoms with Crippen LogP contribution in [0.4, 0.5) is 5.82 Å². The van der Waals surface area contributed by atoms with Crippen molar-refractivity contribution in [2.45, 2.75) is 23.8 Å². The molecule has 4 rings (SSSR count). The van der Waals surface area contributed by atoms with E-state index in [1.54, 1.807) is 12.3 Å². The topological polar surface area (TPSA) is 88.6 Å². The lowest BCUT2D eigenvalue weighted by Gasteiger charge is -2.50. The largest absolute Gasteiger partial charge is 0.364 e. The quantitative estimate of drug-likeness (QED) is 0.830. The second-order valence-electron chi connectivity index (χ2n) is 7.48. The lowest BCUT2D eigenvalue weighted by molar-refractivity contribution is -0.146. The second kappa shape index (κ2) is 7.18. The number of sulfone groups is 1. The first kappa shape index (κ1) is 18.9. The van der Waals surface area contributed by atoms with Crippen LogP contribution in [0, 0.1) is 0 Å². The van der Waals surface area contributed by atoms with E-state index >= 15 is 0 Å². The van der Waals surface area contributed by atoms with E-state index in [0.29, 0.717) is 25.1 Å². The van der Waals surface area contributed by atoms with Crippen LogP contribution in [0.25, 0.3) is 0 Å². The average molecular weight is 401 g/mol. The molecule has 3 heterocycles. The smallest absolute Gasteiger partial charge is 0.246 e. The van der Waals surface area contributed by atoms with Crippen molar-refractivity contribution in [2.75, 3.05) is 30.9 Å². The first-order valence-electron chi connectivity index (χ1n) is 9.21. The molecule has 2 atom stereocenters. The molecular formula is C20H23N3O4S. The van der Waals surface area contributed by atoms with Crippen molar-refractivity contribution in [3.63, 3.8) is 0 Å². The van der Waals surface area contributed by atoms with Gasteiger partial charge in [-0.3, -0.25) is 4.79 Å². The fourth-order valence-corrected chi connectivity index (χ4v) is 4.83. The van der Waals surface area contributed by atoms with E-state index in [-0.39, 0.29) is 24.4 Å². The van der Waals surface area contributed by atoms with Gasteiger partial charge >= 0.3 is 0 Å². The normalized spacial score (nSPS) is 25.1. The molecule has 0 spiro atoms. The number of anilines is 1. The van der Waals surface area contributed by atoms with Crippen molar-refractivity contribution in [1.29, 1.82) is 0 Å². The summed E-state index contributed by atoms with van der Waals surface area (Å²) < 4.78 is 28.8. The number of rotatable bonds is 4. The maximum Gasteiger partial charge on any atom is 0.246 e. The number of pyridine rings is 1. The Morgan fingerprint density at radius 2 is 2.04 bits per heavy atom. The van der Waals surface area contributed by atoms with Gasteiger partial charge in [-0.1, -0.05) is 36.4 Å². The van der Waals surface area contributed by atoms with Crippen molar-refractivity contribution < 1.29 is 17.9 Å². The van der Waals surface area contributed by atoms with Gasteiger partial charge in [0.25, 0.3) is 0 Å². The van der Waals surface area contributed by atoms with Crippen molar-refractivity contribution in [3.8, 4) is 0 Å². The average Bonchev–Trinajstić information content (AvgIpc) is 2.67.